The van der Waals surface area contributed by atoms with Crippen molar-refractivity contribution in [3.63, 3.8) is 0 Å². The lowest BCUT2D eigenvalue weighted by atomic mass is 10.2. The summed E-state index contributed by atoms with van der Waals surface area (Å²) in [4.78, 5) is 9.73. The number of hydrogen-bond acceptors (Lipinski definition) is 4. The summed E-state index contributed by atoms with van der Waals surface area (Å²) in [5.74, 6) is 0. The molecule has 5 heteroatoms. The van der Waals surface area contributed by atoms with E-state index in [4.69, 9.17) is 11.6 Å². The SMILES string of the molecule is Cc1nc(C)c(C(C)Nc2cnccc2Cl)s1. The molecule has 0 saturated heterocycles. The van der Waals surface area contributed by atoms with E-state index in [9.17, 15) is 0 Å². The lowest BCUT2D eigenvalue weighted by Gasteiger charge is -2.14. The van der Waals surface area contributed by atoms with Crippen molar-refractivity contribution in [2.24, 2.45) is 0 Å². The highest BCUT2D eigenvalue weighted by atomic mass is 35.5. The summed E-state index contributed by atoms with van der Waals surface area (Å²) in [7, 11) is 0. The monoisotopic (exact) mass is 267 g/mol. The van der Waals surface area contributed by atoms with Crippen molar-refractivity contribution >= 4 is 28.6 Å². The Labute approximate surface area is 110 Å². The van der Waals surface area contributed by atoms with Gasteiger partial charge < -0.3 is 5.32 Å². The average molecular weight is 268 g/mol. The summed E-state index contributed by atoms with van der Waals surface area (Å²) in [6.45, 7) is 6.15. The molecule has 0 spiro atoms. The molecule has 1 unspecified atom stereocenters. The van der Waals surface area contributed by atoms with E-state index in [0.717, 1.165) is 16.4 Å². The molecule has 0 aromatic carbocycles. The Morgan fingerprint density at radius 1 is 1.41 bits per heavy atom. The van der Waals surface area contributed by atoms with E-state index < -0.39 is 0 Å². The Morgan fingerprint density at radius 2 is 2.18 bits per heavy atom. The van der Waals surface area contributed by atoms with Crippen molar-refractivity contribution in [2.75, 3.05) is 5.32 Å². The predicted octanol–water partition coefficient (Wildman–Crippen LogP) is 3.98. The first-order valence-electron chi connectivity index (χ1n) is 5.38. The second-order valence-corrected chi connectivity index (χ2v) is 5.55. The van der Waals surface area contributed by atoms with Gasteiger partial charge in [0.05, 0.1) is 33.7 Å². The van der Waals surface area contributed by atoms with Crippen LogP contribution in [0.2, 0.25) is 5.02 Å². The molecule has 2 aromatic heterocycles. The standard InChI is InChI=1S/C12H14ClN3S/c1-7-12(17-9(3)15-7)8(2)16-11-6-14-5-4-10(11)13/h4-6,8,16H,1-3H3. The molecule has 0 aliphatic heterocycles. The minimum absolute atomic E-state index is 0.183. The third-order valence-corrected chi connectivity index (χ3v) is 4.06. The average Bonchev–Trinajstić information content (AvgIpc) is 2.61. The van der Waals surface area contributed by atoms with Crippen molar-refractivity contribution in [1.29, 1.82) is 0 Å². The number of pyridine rings is 1. The van der Waals surface area contributed by atoms with Crippen molar-refractivity contribution in [2.45, 2.75) is 26.8 Å². The molecule has 17 heavy (non-hydrogen) atoms. The maximum atomic E-state index is 6.09. The van der Waals surface area contributed by atoms with E-state index >= 15 is 0 Å². The molecule has 1 atom stereocenters. The van der Waals surface area contributed by atoms with E-state index in [1.165, 1.54) is 4.88 Å². The number of halogens is 1. The summed E-state index contributed by atoms with van der Waals surface area (Å²) >= 11 is 7.80. The number of aryl methyl sites for hydroxylation is 2. The van der Waals surface area contributed by atoms with Crippen molar-refractivity contribution in [3.05, 3.63) is 39.1 Å². The molecule has 0 bridgehead atoms. The summed E-state index contributed by atoms with van der Waals surface area (Å²) in [6.07, 6.45) is 3.42. The number of nitrogens with zero attached hydrogens (tertiary/aromatic N) is 2. The largest absolute Gasteiger partial charge is 0.375 e. The third kappa shape index (κ3) is 2.76. The molecule has 2 heterocycles. The van der Waals surface area contributed by atoms with Crippen LogP contribution in [0, 0.1) is 13.8 Å². The predicted molar refractivity (Wildman–Crippen MR) is 72.9 cm³/mol. The Hall–Kier alpha value is -1.13. The molecule has 1 N–H and O–H groups in total. The van der Waals surface area contributed by atoms with Crippen LogP contribution >= 0.6 is 22.9 Å². The van der Waals surface area contributed by atoms with Crippen LogP contribution in [0.25, 0.3) is 0 Å². The number of hydrogen-bond donors (Lipinski definition) is 1. The van der Waals surface area contributed by atoms with E-state index in [1.807, 2.05) is 13.8 Å². The minimum Gasteiger partial charge on any atom is -0.375 e. The van der Waals surface area contributed by atoms with Gasteiger partial charge in [-0.05, 0) is 26.8 Å². The topological polar surface area (TPSA) is 37.8 Å². The van der Waals surface area contributed by atoms with Gasteiger partial charge in [-0.3, -0.25) is 4.98 Å². The fraction of sp³-hybridized carbons (Fsp3) is 0.333. The number of thiazole rings is 1. The van der Waals surface area contributed by atoms with Crippen molar-refractivity contribution < 1.29 is 0 Å². The van der Waals surface area contributed by atoms with Gasteiger partial charge in [0.2, 0.25) is 0 Å². The van der Waals surface area contributed by atoms with Crippen LogP contribution in [0.4, 0.5) is 5.69 Å². The van der Waals surface area contributed by atoms with Crippen LogP contribution in [0.1, 0.15) is 28.5 Å². The highest BCUT2D eigenvalue weighted by Crippen LogP contribution is 2.29. The van der Waals surface area contributed by atoms with Crippen molar-refractivity contribution in [1.82, 2.24) is 9.97 Å². The second kappa shape index (κ2) is 5.02. The second-order valence-electron chi connectivity index (χ2n) is 3.90. The Morgan fingerprint density at radius 3 is 2.76 bits per heavy atom. The van der Waals surface area contributed by atoms with E-state index in [1.54, 1.807) is 29.8 Å². The van der Waals surface area contributed by atoms with Gasteiger partial charge in [0.1, 0.15) is 0 Å². The smallest absolute Gasteiger partial charge is 0.0900 e. The van der Waals surface area contributed by atoms with Crippen LogP contribution in [0.15, 0.2) is 18.5 Å². The Balaban J connectivity index is 2.20. The molecular weight excluding hydrogens is 254 g/mol. The molecule has 3 nitrogen and oxygen atoms in total. The maximum absolute atomic E-state index is 6.09. The van der Waals surface area contributed by atoms with Gasteiger partial charge in [-0.1, -0.05) is 11.6 Å². The Bertz CT molecular complexity index is 524. The molecule has 0 aliphatic carbocycles. The molecule has 90 valence electrons. The first-order valence-corrected chi connectivity index (χ1v) is 6.57. The van der Waals surface area contributed by atoms with Crippen molar-refractivity contribution in [3.8, 4) is 0 Å². The Kier molecular flexibility index (Phi) is 3.64. The normalized spacial score (nSPS) is 12.5. The number of aromatic nitrogens is 2. The zero-order chi connectivity index (χ0) is 12.4. The van der Waals surface area contributed by atoms with Gasteiger partial charge >= 0.3 is 0 Å². The fourth-order valence-electron chi connectivity index (χ4n) is 1.73. The molecule has 0 aliphatic rings. The zero-order valence-corrected chi connectivity index (χ0v) is 11.6. The van der Waals surface area contributed by atoms with Crippen LogP contribution in [0.3, 0.4) is 0 Å². The van der Waals surface area contributed by atoms with Gasteiger partial charge in [-0.2, -0.15) is 0 Å². The van der Waals surface area contributed by atoms with Gasteiger partial charge in [0.15, 0.2) is 0 Å². The van der Waals surface area contributed by atoms with E-state index in [2.05, 4.69) is 22.2 Å². The first kappa shape index (κ1) is 12.3. The molecule has 0 radical (unpaired) electrons. The van der Waals surface area contributed by atoms with Gasteiger partial charge in [0, 0.05) is 11.1 Å². The maximum Gasteiger partial charge on any atom is 0.0900 e. The van der Waals surface area contributed by atoms with Gasteiger partial charge in [-0.25, -0.2) is 4.98 Å². The van der Waals surface area contributed by atoms with Gasteiger partial charge in [0.25, 0.3) is 0 Å². The van der Waals surface area contributed by atoms with Crippen LogP contribution in [-0.2, 0) is 0 Å². The molecule has 2 rings (SSSR count). The lowest BCUT2D eigenvalue weighted by molar-refractivity contribution is 0.888. The van der Waals surface area contributed by atoms with Crippen LogP contribution in [-0.4, -0.2) is 9.97 Å². The van der Waals surface area contributed by atoms with E-state index in [-0.39, 0.29) is 6.04 Å². The fourth-order valence-corrected chi connectivity index (χ4v) is 2.82. The number of rotatable bonds is 3. The lowest BCUT2D eigenvalue weighted by Crippen LogP contribution is -2.06. The van der Waals surface area contributed by atoms with Crippen LogP contribution < -0.4 is 5.32 Å². The van der Waals surface area contributed by atoms with Gasteiger partial charge in [-0.15, -0.1) is 11.3 Å². The summed E-state index contributed by atoms with van der Waals surface area (Å²) in [6, 6.07) is 1.96. The summed E-state index contributed by atoms with van der Waals surface area (Å²) < 4.78 is 0. The van der Waals surface area contributed by atoms with E-state index in [0.29, 0.717) is 5.02 Å². The molecule has 0 amide bonds. The first-order chi connectivity index (χ1) is 8.08. The summed E-state index contributed by atoms with van der Waals surface area (Å²) in [5, 5.41) is 5.13. The zero-order valence-electron chi connectivity index (χ0n) is 9.99. The highest BCUT2D eigenvalue weighted by molar-refractivity contribution is 7.11. The number of nitrogens with one attached hydrogen (secondary N) is 1. The molecular formula is C12H14ClN3S. The quantitative estimate of drug-likeness (QED) is 0.914. The van der Waals surface area contributed by atoms with Crippen LogP contribution in [0.5, 0.6) is 0 Å². The molecule has 2 aromatic rings. The molecule has 0 fully saturated rings. The third-order valence-electron chi connectivity index (χ3n) is 2.47. The minimum atomic E-state index is 0.183. The highest BCUT2D eigenvalue weighted by Gasteiger charge is 2.13. The summed E-state index contributed by atoms with van der Waals surface area (Å²) in [5.41, 5.74) is 1.93. The number of anilines is 1. The molecule has 0 saturated carbocycles.